The summed E-state index contributed by atoms with van der Waals surface area (Å²) in [7, 11) is 0. The molecule has 1 unspecified atom stereocenters. The van der Waals surface area contributed by atoms with E-state index in [0.29, 0.717) is 0 Å². The summed E-state index contributed by atoms with van der Waals surface area (Å²) >= 11 is 0. The molecule has 0 aromatic carbocycles. The number of carboxylic acids is 1. The monoisotopic (exact) mass is 419 g/mol. The van der Waals surface area contributed by atoms with E-state index in [9.17, 15) is 67.0 Å². The summed E-state index contributed by atoms with van der Waals surface area (Å²) in [6.07, 6.45) is -13.1. The van der Waals surface area contributed by atoms with Crippen LogP contribution in [0.5, 0.6) is 0 Å². The summed E-state index contributed by atoms with van der Waals surface area (Å²) < 4.78 is 164. The molecule has 0 fully saturated rings. The van der Waals surface area contributed by atoms with E-state index in [1.165, 1.54) is 0 Å². The number of aliphatic carboxylic acids is 1. The van der Waals surface area contributed by atoms with Gasteiger partial charge in [-0.2, -0.15) is 48.3 Å². The number of alkyl halides is 11. The molecule has 0 spiro atoms. The fraction of sp³-hybridized carbons (Fsp3) is 0.700. The van der Waals surface area contributed by atoms with Crippen LogP contribution in [0.3, 0.4) is 0 Å². The highest BCUT2D eigenvalue weighted by Crippen LogP contribution is 2.59. The number of hydrogen-bond donors (Lipinski definition) is 1. The molecule has 16 heteroatoms. The standard InChI is InChI=1S/C10H5F13O3/c11-4(2(24)1-3(25)26)5(12)6(13,14)7(15,16)8(17,18)9(19,20)10(21,22)23/h2,24H,1H2,(H,25,26)/p-1/b5-4+. The van der Waals surface area contributed by atoms with Crippen LogP contribution in [0.1, 0.15) is 6.42 Å². The molecule has 0 heterocycles. The highest BCUT2D eigenvalue weighted by atomic mass is 19.4. The third kappa shape index (κ3) is 3.68. The summed E-state index contributed by atoms with van der Waals surface area (Å²) in [4.78, 5) is 9.92. The van der Waals surface area contributed by atoms with Gasteiger partial charge in [-0.1, -0.05) is 0 Å². The van der Waals surface area contributed by atoms with Crippen molar-refractivity contribution in [2.45, 2.75) is 42.4 Å². The molecule has 154 valence electrons. The zero-order valence-electron chi connectivity index (χ0n) is 11.5. The third-order valence-corrected chi connectivity index (χ3v) is 2.68. The lowest BCUT2D eigenvalue weighted by Gasteiger charge is -2.36. The van der Waals surface area contributed by atoms with E-state index >= 15 is 0 Å². The molecule has 0 saturated heterocycles. The maximum Gasteiger partial charge on any atom is 0.460 e. The summed E-state index contributed by atoms with van der Waals surface area (Å²) in [5.41, 5.74) is 0. The minimum absolute atomic E-state index is 2.07. The second-order valence-electron chi connectivity index (χ2n) is 4.55. The molecule has 1 atom stereocenters. The smallest absolute Gasteiger partial charge is 0.460 e. The highest BCUT2D eigenvalue weighted by molar-refractivity contribution is 5.65. The molecule has 0 saturated carbocycles. The molecule has 0 radical (unpaired) electrons. The zero-order chi connectivity index (χ0) is 21.5. The van der Waals surface area contributed by atoms with Crippen molar-refractivity contribution >= 4 is 5.97 Å². The Morgan fingerprint density at radius 2 is 1.19 bits per heavy atom. The number of carbonyl (C=O) groups is 1. The van der Waals surface area contributed by atoms with E-state index in [0.717, 1.165) is 0 Å². The third-order valence-electron chi connectivity index (χ3n) is 2.68. The molecule has 0 aliphatic carbocycles. The number of aliphatic hydroxyl groups excluding tert-OH is 1. The number of allylic oxidation sites excluding steroid dienone is 1. The van der Waals surface area contributed by atoms with Gasteiger partial charge in [0.2, 0.25) is 5.83 Å². The van der Waals surface area contributed by atoms with Crippen molar-refractivity contribution in [2.24, 2.45) is 0 Å². The van der Waals surface area contributed by atoms with E-state index in [-0.39, 0.29) is 0 Å². The largest absolute Gasteiger partial charge is 0.550 e. The van der Waals surface area contributed by atoms with Crippen molar-refractivity contribution in [3.63, 3.8) is 0 Å². The first kappa shape index (κ1) is 24.3. The van der Waals surface area contributed by atoms with Crippen LogP contribution in [0.15, 0.2) is 11.7 Å². The number of hydrogen-bond acceptors (Lipinski definition) is 3. The predicted octanol–water partition coefficient (Wildman–Crippen LogP) is 2.74. The fourth-order valence-corrected chi connectivity index (χ4v) is 1.25. The van der Waals surface area contributed by atoms with Crippen molar-refractivity contribution in [1.82, 2.24) is 0 Å². The maximum atomic E-state index is 13.1. The molecular weight excluding hydrogens is 415 g/mol. The highest BCUT2D eigenvalue weighted by Gasteiger charge is 2.88. The van der Waals surface area contributed by atoms with Crippen LogP contribution in [-0.4, -0.2) is 47.0 Å². The second-order valence-corrected chi connectivity index (χ2v) is 4.55. The topological polar surface area (TPSA) is 60.4 Å². The lowest BCUT2D eigenvalue weighted by atomic mass is 9.96. The van der Waals surface area contributed by atoms with Gasteiger partial charge in [-0.15, -0.1) is 0 Å². The van der Waals surface area contributed by atoms with Gasteiger partial charge in [0, 0.05) is 12.4 Å². The molecule has 0 aromatic heterocycles. The van der Waals surface area contributed by atoms with Gasteiger partial charge in [-0.05, 0) is 0 Å². The zero-order valence-corrected chi connectivity index (χ0v) is 11.5. The molecule has 0 aliphatic rings. The van der Waals surface area contributed by atoms with Gasteiger partial charge in [0.05, 0.1) is 0 Å². The Bertz CT molecular complexity index is 577. The van der Waals surface area contributed by atoms with Crippen LogP contribution >= 0.6 is 0 Å². The van der Waals surface area contributed by atoms with Crippen molar-refractivity contribution < 1.29 is 72.1 Å². The van der Waals surface area contributed by atoms with Gasteiger partial charge in [-0.25, -0.2) is 8.78 Å². The molecule has 0 amide bonds. The van der Waals surface area contributed by atoms with Crippen molar-refractivity contribution in [3.8, 4) is 0 Å². The van der Waals surface area contributed by atoms with E-state index in [4.69, 9.17) is 5.11 Å². The number of carboxylic acid groups (broad SMARTS) is 1. The first-order chi connectivity index (χ1) is 11.2. The first-order valence-corrected chi connectivity index (χ1v) is 5.67. The average Bonchev–Trinajstić information content (AvgIpc) is 2.42. The van der Waals surface area contributed by atoms with Crippen molar-refractivity contribution in [1.29, 1.82) is 0 Å². The molecule has 26 heavy (non-hydrogen) atoms. The molecule has 3 nitrogen and oxygen atoms in total. The van der Waals surface area contributed by atoms with Gasteiger partial charge in [-0.3, -0.25) is 0 Å². The quantitative estimate of drug-likeness (QED) is 0.646. The predicted molar refractivity (Wildman–Crippen MR) is 50.7 cm³/mol. The van der Waals surface area contributed by atoms with Crippen LogP contribution < -0.4 is 5.11 Å². The van der Waals surface area contributed by atoms with Gasteiger partial charge < -0.3 is 15.0 Å². The number of carbonyl (C=O) groups excluding carboxylic acids is 1. The minimum Gasteiger partial charge on any atom is -0.550 e. The van der Waals surface area contributed by atoms with E-state index in [1.807, 2.05) is 0 Å². The molecule has 0 aromatic rings. The number of rotatable bonds is 7. The van der Waals surface area contributed by atoms with Crippen LogP contribution in [0.2, 0.25) is 0 Å². The Kier molecular flexibility index (Phi) is 6.32. The Hall–Kier alpha value is -1.74. The van der Waals surface area contributed by atoms with Gasteiger partial charge in [0.15, 0.2) is 5.83 Å². The lowest BCUT2D eigenvalue weighted by Crippen LogP contribution is -2.66. The van der Waals surface area contributed by atoms with Crippen molar-refractivity contribution in [3.05, 3.63) is 11.7 Å². The minimum atomic E-state index is -7.99. The molecule has 0 aliphatic heterocycles. The van der Waals surface area contributed by atoms with Gasteiger partial charge in [0.25, 0.3) is 0 Å². The number of aliphatic hydroxyl groups is 1. The summed E-state index contributed by atoms with van der Waals surface area (Å²) in [5.74, 6) is -41.4. The van der Waals surface area contributed by atoms with Crippen LogP contribution in [0.4, 0.5) is 57.1 Å². The fourth-order valence-electron chi connectivity index (χ4n) is 1.25. The van der Waals surface area contributed by atoms with E-state index < -0.39 is 60.0 Å². The Labute approximate surface area is 133 Å². The maximum absolute atomic E-state index is 13.1. The van der Waals surface area contributed by atoms with Gasteiger partial charge in [0.1, 0.15) is 6.10 Å². The van der Waals surface area contributed by atoms with Crippen LogP contribution in [0.25, 0.3) is 0 Å². The Balaban J connectivity index is 6.29. The van der Waals surface area contributed by atoms with Crippen LogP contribution in [0, 0.1) is 0 Å². The average molecular weight is 419 g/mol. The molecular formula is C10H4F13O3-. The second kappa shape index (κ2) is 6.77. The SMILES string of the molecule is O=C([O-])CC(O)/C(F)=C(\F)C(F)(F)C(F)(F)C(F)(F)C(F)(F)C(F)(F)F. The number of halogens is 13. The summed E-state index contributed by atoms with van der Waals surface area (Å²) in [5, 5.41) is 18.5. The van der Waals surface area contributed by atoms with Gasteiger partial charge >= 0.3 is 29.9 Å². The normalized spacial score (nSPS) is 17.0. The van der Waals surface area contributed by atoms with E-state index in [2.05, 4.69) is 0 Å². The van der Waals surface area contributed by atoms with Crippen LogP contribution in [-0.2, 0) is 4.79 Å². The van der Waals surface area contributed by atoms with Crippen molar-refractivity contribution in [2.75, 3.05) is 0 Å². The Morgan fingerprint density at radius 1 is 0.808 bits per heavy atom. The summed E-state index contributed by atoms with van der Waals surface area (Å²) in [6, 6.07) is 0. The lowest BCUT2D eigenvalue weighted by molar-refractivity contribution is -0.419. The first-order valence-electron chi connectivity index (χ1n) is 5.67. The molecule has 0 rings (SSSR count). The molecule has 1 N–H and O–H groups in total. The summed E-state index contributed by atoms with van der Waals surface area (Å²) in [6.45, 7) is 0. The Morgan fingerprint density at radius 3 is 1.50 bits per heavy atom. The molecule has 0 bridgehead atoms. The van der Waals surface area contributed by atoms with E-state index in [1.54, 1.807) is 0 Å².